The summed E-state index contributed by atoms with van der Waals surface area (Å²) in [6.07, 6.45) is 3.01. The fraction of sp³-hybridized carbons (Fsp3) is 0.750. The molecule has 0 aliphatic rings. The van der Waals surface area contributed by atoms with Crippen molar-refractivity contribution in [1.29, 1.82) is 0 Å². The number of nitrogens with one attached hydrogen (secondary N) is 2. The van der Waals surface area contributed by atoms with E-state index in [9.17, 15) is 0 Å². The lowest BCUT2D eigenvalue weighted by atomic mass is 10.1. The zero-order valence-corrected chi connectivity index (χ0v) is 14.3. The van der Waals surface area contributed by atoms with Gasteiger partial charge in [-0.1, -0.05) is 13.8 Å². The molecule has 0 aliphatic carbocycles. The summed E-state index contributed by atoms with van der Waals surface area (Å²) in [6.45, 7) is 12.1. The Labute approximate surface area is 128 Å². The Bertz CT molecular complexity index is 446. The molecule has 0 atom stereocenters. The molecule has 0 fully saturated rings. The molecule has 0 amide bonds. The molecule has 1 rings (SSSR count). The minimum Gasteiger partial charge on any atom is -0.377 e. The molecule has 0 radical (unpaired) electrons. The molecule has 21 heavy (non-hydrogen) atoms. The van der Waals surface area contributed by atoms with E-state index in [2.05, 4.69) is 55.2 Å². The number of methoxy groups -OCH3 is 1. The standard InChI is InChI=1S/C16H30N4O/c1-7-9-13-19-14(17-10-8-2)12(3)15(20-13)18-11-16(4,5)21-6/h7-11H2,1-6H3,(H2,17,18,19,20). The Kier molecular flexibility index (Phi) is 6.89. The van der Waals surface area contributed by atoms with Gasteiger partial charge in [0.25, 0.3) is 0 Å². The molecular formula is C16H30N4O. The summed E-state index contributed by atoms with van der Waals surface area (Å²) < 4.78 is 5.45. The lowest BCUT2D eigenvalue weighted by molar-refractivity contribution is 0.0343. The number of aromatic nitrogens is 2. The van der Waals surface area contributed by atoms with Crippen molar-refractivity contribution in [2.75, 3.05) is 30.8 Å². The Hall–Kier alpha value is -1.36. The van der Waals surface area contributed by atoms with Gasteiger partial charge >= 0.3 is 0 Å². The first-order valence-electron chi connectivity index (χ1n) is 7.84. The molecule has 0 saturated carbocycles. The third-order valence-corrected chi connectivity index (χ3v) is 3.44. The zero-order valence-electron chi connectivity index (χ0n) is 14.3. The number of rotatable bonds is 9. The van der Waals surface area contributed by atoms with Gasteiger partial charge in [-0.15, -0.1) is 0 Å². The molecule has 1 aromatic heterocycles. The predicted octanol–water partition coefficient (Wildman–Crippen LogP) is 3.40. The first-order chi connectivity index (χ1) is 9.93. The summed E-state index contributed by atoms with van der Waals surface area (Å²) >= 11 is 0. The summed E-state index contributed by atoms with van der Waals surface area (Å²) in [7, 11) is 1.73. The van der Waals surface area contributed by atoms with Gasteiger partial charge in [0.15, 0.2) is 0 Å². The van der Waals surface area contributed by atoms with E-state index in [0.29, 0.717) is 6.54 Å². The van der Waals surface area contributed by atoms with Crippen molar-refractivity contribution in [3.05, 3.63) is 11.4 Å². The Morgan fingerprint density at radius 1 is 1.05 bits per heavy atom. The first kappa shape index (κ1) is 17.7. The lowest BCUT2D eigenvalue weighted by Crippen LogP contribution is -2.32. The molecule has 0 bridgehead atoms. The number of hydrogen-bond donors (Lipinski definition) is 2. The van der Waals surface area contributed by atoms with Crippen molar-refractivity contribution >= 4 is 11.6 Å². The summed E-state index contributed by atoms with van der Waals surface area (Å²) in [5.74, 6) is 2.73. The van der Waals surface area contributed by atoms with Crippen LogP contribution < -0.4 is 10.6 Å². The summed E-state index contributed by atoms with van der Waals surface area (Å²) in [5.41, 5.74) is 0.842. The minimum absolute atomic E-state index is 0.223. The van der Waals surface area contributed by atoms with Crippen LogP contribution in [0.15, 0.2) is 0 Å². The SMILES string of the molecule is CCCNc1nc(CCC)nc(NCC(C)(C)OC)c1C. The van der Waals surface area contributed by atoms with Gasteiger partial charge in [-0.2, -0.15) is 0 Å². The van der Waals surface area contributed by atoms with Gasteiger partial charge in [-0.05, 0) is 33.6 Å². The van der Waals surface area contributed by atoms with E-state index in [4.69, 9.17) is 4.74 Å². The summed E-state index contributed by atoms with van der Waals surface area (Å²) in [4.78, 5) is 9.28. The molecular weight excluding hydrogens is 264 g/mol. The van der Waals surface area contributed by atoms with Crippen molar-refractivity contribution in [3.63, 3.8) is 0 Å². The van der Waals surface area contributed by atoms with Crippen LogP contribution in [0.5, 0.6) is 0 Å². The predicted molar refractivity (Wildman–Crippen MR) is 89.1 cm³/mol. The van der Waals surface area contributed by atoms with Crippen LogP contribution in [0.2, 0.25) is 0 Å². The smallest absolute Gasteiger partial charge is 0.134 e. The van der Waals surface area contributed by atoms with Crippen LogP contribution in [0.3, 0.4) is 0 Å². The normalized spacial score (nSPS) is 11.5. The van der Waals surface area contributed by atoms with Gasteiger partial charge in [0.2, 0.25) is 0 Å². The third kappa shape index (κ3) is 5.50. The molecule has 1 aromatic rings. The summed E-state index contributed by atoms with van der Waals surface area (Å²) in [5, 5.41) is 6.79. The fourth-order valence-corrected chi connectivity index (χ4v) is 1.85. The molecule has 0 spiro atoms. The zero-order chi connectivity index (χ0) is 15.9. The van der Waals surface area contributed by atoms with Crippen LogP contribution in [0.25, 0.3) is 0 Å². The number of ether oxygens (including phenoxy) is 1. The van der Waals surface area contributed by atoms with Crippen LogP contribution in [0.1, 0.15) is 51.9 Å². The Balaban J connectivity index is 2.96. The van der Waals surface area contributed by atoms with Gasteiger partial charge in [0.1, 0.15) is 17.5 Å². The molecule has 2 N–H and O–H groups in total. The first-order valence-corrected chi connectivity index (χ1v) is 7.84. The number of nitrogens with zero attached hydrogens (tertiary/aromatic N) is 2. The van der Waals surface area contributed by atoms with Crippen molar-refractivity contribution in [1.82, 2.24) is 9.97 Å². The summed E-state index contributed by atoms with van der Waals surface area (Å²) in [6, 6.07) is 0. The van der Waals surface area contributed by atoms with E-state index in [0.717, 1.165) is 48.8 Å². The topological polar surface area (TPSA) is 59.1 Å². The van der Waals surface area contributed by atoms with Gasteiger partial charge in [-0.3, -0.25) is 0 Å². The molecule has 5 heteroatoms. The maximum atomic E-state index is 5.45. The molecule has 120 valence electrons. The van der Waals surface area contributed by atoms with Crippen LogP contribution >= 0.6 is 0 Å². The lowest BCUT2D eigenvalue weighted by Gasteiger charge is -2.24. The second kappa shape index (κ2) is 8.17. The number of aryl methyl sites for hydroxylation is 1. The fourth-order valence-electron chi connectivity index (χ4n) is 1.85. The molecule has 0 aliphatic heterocycles. The van der Waals surface area contributed by atoms with Crippen LogP contribution in [0.4, 0.5) is 11.6 Å². The maximum Gasteiger partial charge on any atom is 0.134 e. The van der Waals surface area contributed by atoms with Crippen LogP contribution in [-0.4, -0.2) is 35.8 Å². The van der Waals surface area contributed by atoms with Crippen LogP contribution in [-0.2, 0) is 11.2 Å². The Morgan fingerprint density at radius 3 is 2.19 bits per heavy atom. The van der Waals surface area contributed by atoms with E-state index < -0.39 is 0 Å². The number of hydrogen-bond acceptors (Lipinski definition) is 5. The van der Waals surface area contributed by atoms with Gasteiger partial charge in [0.05, 0.1) is 5.60 Å². The van der Waals surface area contributed by atoms with Gasteiger partial charge in [0, 0.05) is 32.2 Å². The van der Waals surface area contributed by atoms with Crippen molar-refractivity contribution < 1.29 is 4.74 Å². The highest BCUT2D eigenvalue weighted by Gasteiger charge is 2.18. The average Bonchev–Trinajstić information content (AvgIpc) is 2.46. The van der Waals surface area contributed by atoms with Gasteiger partial charge < -0.3 is 15.4 Å². The van der Waals surface area contributed by atoms with E-state index >= 15 is 0 Å². The molecule has 1 heterocycles. The monoisotopic (exact) mass is 294 g/mol. The van der Waals surface area contributed by atoms with Crippen molar-refractivity contribution in [2.45, 2.75) is 59.5 Å². The highest BCUT2D eigenvalue weighted by atomic mass is 16.5. The molecule has 0 saturated heterocycles. The minimum atomic E-state index is -0.223. The second-order valence-corrected chi connectivity index (χ2v) is 5.96. The van der Waals surface area contributed by atoms with Crippen molar-refractivity contribution in [2.24, 2.45) is 0 Å². The van der Waals surface area contributed by atoms with E-state index in [1.807, 2.05) is 0 Å². The molecule has 5 nitrogen and oxygen atoms in total. The molecule has 0 aromatic carbocycles. The van der Waals surface area contributed by atoms with Gasteiger partial charge in [-0.25, -0.2) is 9.97 Å². The highest BCUT2D eigenvalue weighted by Crippen LogP contribution is 2.21. The molecule has 0 unspecified atom stereocenters. The van der Waals surface area contributed by atoms with Crippen molar-refractivity contribution in [3.8, 4) is 0 Å². The second-order valence-electron chi connectivity index (χ2n) is 5.96. The Morgan fingerprint density at radius 2 is 1.67 bits per heavy atom. The van der Waals surface area contributed by atoms with Crippen LogP contribution in [0, 0.1) is 6.92 Å². The van der Waals surface area contributed by atoms with E-state index in [1.165, 1.54) is 0 Å². The average molecular weight is 294 g/mol. The third-order valence-electron chi connectivity index (χ3n) is 3.44. The van der Waals surface area contributed by atoms with E-state index in [1.54, 1.807) is 7.11 Å². The quantitative estimate of drug-likeness (QED) is 0.731. The largest absolute Gasteiger partial charge is 0.377 e. The highest BCUT2D eigenvalue weighted by molar-refractivity contribution is 5.57. The van der Waals surface area contributed by atoms with E-state index in [-0.39, 0.29) is 5.60 Å². The number of anilines is 2. The maximum absolute atomic E-state index is 5.45.